The van der Waals surface area contributed by atoms with Crippen molar-refractivity contribution in [1.82, 2.24) is 20.2 Å². The summed E-state index contributed by atoms with van der Waals surface area (Å²) in [5.74, 6) is 0.467. The summed E-state index contributed by atoms with van der Waals surface area (Å²) in [5.41, 5.74) is 0.208. The van der Waals surface area contributed by atoms with Crippen molar-refractivity contribution in [2.75, 3.05) is 13.1 Å². The molecular weight excluding hydrogens is 380 g/mol. The molecule has 28 heavy (non-hydrogen) atoms. The van der Waals surface area contributed by atoms with Crippen molar-refractivity contribution in [3.63, 3.8) is 0 Å². The number of nitrogens with zero attached hydrogens (tertiary/aromatic N) is 2. The van der Waals surface area contributed by atoms with Crippen LogP contribution in [0, 0.1) is 5.92 Å². The normalized spacial score (nSPS) is 11.0. The van der Waals surface area contributed by atoms with Crippen LogP contribution in [-0.4, -0.2) is 39.8 Å². The van der Waals surface area contributed by atoms with Gasteiger partial charge in [-0.2, -0.15) is 0 Å². The number of H-pyrrole nitrogens is 1. The molecule has 0 spiro atoms. The Bertz CT molecular complexity index is 895. The number of carbonyl (C=O) groups excluding carboxylic acids is 2. The number of nitrogens with one attached hydrogen (secondary N) is 2. The molecule has 0 unspecified atom stereocenters. The van der Waals surface area contributed by atoms with Crippen LogP contribution in [-0.2, 0) is 16.1 Å². The van der Waals surface area contributed by atoms with Crippen molar-refractivity contribution in [3.05, 3.63) is 39.4 Å². The number of aromatic nitrogens is 2. The van der Waals surface area contributed by atoms with Crippen molar-refractivity contribution in [2.45, 2.75) is 46.6 Å². The van der Waals surface area contributed by atoms with Crippen molar-refractivity contribution in [1.29, 1.82) is 0 Å². The summed E-state index contributed by atoms with van der Waals surface area (Å²) in [6, 6.07) is 4.88. The number of hydrogen-bond donors (Lipinski definition) is 2. The highest BCUT2D eigenvalue weighted by molar-refractivity contribution is 6.31. The van der Waals surface area contributed by atoms with E-state index >= 15 is 0 Å². The molecule has 1 aromatic carbocycles. The second-order valence-corrected chi connectivity index (χ2v) is 7.64. The second kappa shape index (κ2) is 10.2. The third-order valence-corrected chi connectivity index (χ3v) is 4.53. The lowest BCUT2D eigenvalue weighted by Crippen LogP contribution is -2.40. The van der Waals surface area contributed by atoms with Gasteiger partial charge in [-0.3, -0.25) is 14.4 Å². The van der Waals surface area contributed by atoms with E-state index < -0.39 is 0 Å². The predicted octanol–water partition coefficient (Wildman–Crippen LogP) is 2.87. The Labute approximate surface area is 169 Å². The van der Waals surface area contributed by atoms with Crippen LogP contribution in [0.2, 0.25) is 5.02 Å². The van der Waals surface area contributed by atoms with Crippen molar-refractivity contribution >= 4 is 34.3 Å². The molecule has 7 nitrogen and oxygen atoms in total. The largest absolute Gasteiger partial charge is 0.347 e. The number of halogens is 1. The number of fused-ring (bicyclic) bond motifs is 1. The predicted molar refractivity (Wildman–Crippen MR) is 110 cm³/mol. The lowest BCUT2D eigenvalue weighted by atomic mass is 10.1. The molecule has 0 aliphatic heterocycles. The Morgan fingerprint density at radius 2 is 2.07 bits per heavy atom. The van der Waals surface area contributed by atoms with E-state index in [1.54, 1.807) is 23.1 Å². The van der Waals surface area contributed by atoms with E-state index in [0.717, 1.165) is 12.8 Å². The van der Waals surface area contributed by atoms with Crippen LogP contribution >= 0.6 is 11.6 Å². The summed E-state index contributed by atoms with van der Waals surface area (Å²) in [7, 11) is 0. The fourth-order valence-electron chi connectivity index (χ4n) is 2.77. The standard InChI is InChI=1S/C20H27ClN4O3/c1-4-9-25(19(27)11-22-18(26)8-5-13(2)3)12-17-23-16-10-14(21)6-7-15(16)20(28)24-17/h6-7,10,13H,4-5,8-9,11-12H2,1-3H3,(H,22,26)(H,23,24,28). The van der Waals surface area contributed by atoms with Crippen LogP contribution in [0.15, 0.2) is 23.0 Å². The maximum absolute atomic E-state index is 12.6. The van der Waals surface area contributed by atoms with Gasteiger partial charge in [-0.25, -0.2) is 4.98 Å². The first-order chi connectivity index (χ1) is 13.3. The molecule has 2 amide bonds. The summed E-state index contributed by atoms with van der Waals surface area (Å²) in [6.07, 6.45) is 1.93. The first kappa shape index (κ1) is 21.9. The molecule has 0 saturated heterocycles. The highest BCUT2D eigenvalue weighted by Gasteiger charge is 2.16. The van der Waals surface area contributed by atoms with Gasteiger partial charge < -0.3 is 15.2 Å². The quantitative estimate of drug-likeness (QED) is 0.669. The molecule has 0 aliphatic rings. The molecule has 2 N–H and O–H groups in total. The molecule has 1 heterocycles. The van der Waals surface area contributed by atoms with Crippen molar-refractivity contribution in [3.8, 4) is 0 Å². The maximum atomic E-state index is 12.6. The van der Waals surface area contributed by atoms with Gasteiger partial charge in [-0.15, -0.1) is 0 Å². The Morgan fingerprint density at radius 1 is 1.32 bits per heavy atom. The van der Waals surface area contributed by atoms with Gasteiger partial charge in [-0.1, -0.05) is 32.4 Å². The smallest absolute Gasteiger partial charge is 0.258 e. The number of aromatic amines is 1. The van der Waals surface area contributed by atoms with Gasteiger partial charge in [0.1, 0.15) is 5.82 Å². The Kier molecular flexibility index (Phi) is 7.99. The van der Waals surface area contributed by atoms with Crippen LogP contribution in [0.4, 0.5) is 0 Å². The minimum atomic E-state index is -0.275. The molecule has 8 heteroatoms. The molecule has 0 fully saturated rings. The number of rotatable bonds is 9. The number of benzene rings is 1. The van der Waals surface area contributed by atoms with Gasteiger partial charge in [0.15, 0.2) is 0 Å². The third-order valence-electron chi connectivity index (χ3n) is 4.29. The van der Waals surface area contributed by atoms with E-state index in [2.05, 4.69) is 15.3 Å². The zero-order chi connectivity index (χ0) is 20.7. The molecule has 0 radical (unpaired) electrons. The van der Waals surface area contributed by atoms with Crippen LogP contribution < -0.4 is 10.9 Å². The van der Waals surface area contributed by atoms with Gasteiger partial charge in [0, 0.05) is 18.0 Å². The van der Waals surface area contributed by atoms with Crippen molar-refractivity contribution in [2.24, 2.45) is 5.92 Å². The highest BCUT2D eigenvalue weighted by Crippen LogP contribution is 2.15. The number of hydrogen-bond acceptors (Lipinski definition) is 4. The third kappa shape index (κ3) is 6.34. The topological polar surface area (TPSA) is 95.2 Å². The average molecular weight is 407 g/mol. The van der Waals surface area contributed by atoms with Crippen LogP contribution in [0.25, 0.3) is 10.9 Å². The van der Waals surface area contributed by atoms with E-state index in [4.69, 9.17) is 11.6 Å². The van der Waals surface area contributed by atoms with Crippen molar-refractivity contribution < 1.29 is 9.59 Å². The number of amides is 2. The molecule has 0 bridgehead atoms. The van der Waals surface area contributed by atoms with E-state index in [-0.39, 0.29) is 30.5 Å². The highest BCUT2D eigenvalue weighted by atomic mass is 35.5. The van der Waals surface area contributed by atoms with Gasteiger partial charge in [-0.05, 0) is 37.0 Å². The first-order valence-corrected chi connectivity index (χ1v) is 9.90. The molecule has 2 rings (SSSR count). The first-order valence-electron chi connectivity index (χ1n) is 9.53. The lowest BCUT2D eigenvalue weighted by molar-refractivity contribution is -0.133. The van der Waals surface area contributed by atoms with Gasteiger partial charge >= 0.3 is 0 Å². The van der Waals surface area contributed by atoms with E-state index in [1.165, 1.54) is 0 Å². The minimum Gasteiger partial charge on any atom is -0.347 e. The van der Waals surface area contributed by atoms with Gasteiger partial charge in [0.25, 0.3) is 5.56 Å². The summed E-state index contributed by atoms with van der Waals surface area (Å²) in [5, 5.41) is 3.60. The SMILES string of the molecule is CCCN(Cc1nc2cc(Cl)ccc2c(=O)[nH]1)C(=O)CNC(=O)CCC(C)C. The second-order valence-electron chi connectivity index (χ2n) is 7.20. The summed E-state index contributed by atoms with van der Waals surface area (Å²) >= 11 is 5.99. The molecule has 1 aromatic heterocycles. The zero-order valence-electron chi connectivity index (χ0n) is 16.5. The minimum absolute atomic E-state index is 0.0689. The van der Waals surface area contributed by atoms with Crippen LogP contribution in [0.5, 0.6) is 0 Å². The van der Waals surface area contributed by atoms with E-state index in [1.807, 2.05) is 20.8 Å². The summed E-state index contributed by atoms with van der Waals surface area (Å²) in [6.45, 7) is 6.64. The fourth-order valence-corrected chi connectivity index (χ4v) is 2.94. The molecule has 0 aliphatic carbocycles. The van der Waals surface area contributed by atoms with Gasteiger partial charge in [0.05, 0.1) is 24.0 Å². The molecular formula is C20H27ClN4O3. The molecule has 2 aromatic rings. The van der Waals surface area contributed by atoms with E-state index in [9.17, 15) is 14.4 Å². The zero-order valence-corrected chi connectivity index (χ0v) is 17.3. The molecule has 152 valence electrons. The summed E-state index contributed by atoms with van der Waals surface area (Å²) < 4.78 is 0. The van der Waals surface area contributed by atoms with Crippen LogP contribution in [0.1, 0.15) is 45.9 Å². The fraction of sp³-hybridized carbons (Fsp3) is 0.500. The lowest BCUT2D eigenvalue weighted by Gasteiger charge is -2.22. The van der Waals surface area contributed by atoms with E-state index in [0.29, 0.717) is 40.6 Å². The van der Waals surface area contributed by atoms with Gasteiger partial charge in [0.2, 0.25) is 11.8 Å². The number of carbonyl (C=O) groups is 2. The molecule has 0 saturated carbocycles. The maximum Gasteiger partial charge on any atom is 0.258 e. The Balaban J connectivity index is 2.07. The molecule has 0 atom stereocenters. The monoisotopic (exact) mass is 406 g/mol. The summed E-state index contributed by atoms with van der Waals surface area (Å²) in [4.78, 5) is 45.4. The van der Waals surface area contributed by atoms with Crippen LogP contribution in [0.3, 0.4) is 0 Å². The Hall–Kier alpha value is -2.41. The Morgan fingerprint density at radius 3 is 2.75 bits per heavy atom. The average Bonchev–Trinajstić information content (AvgIpc) is 2.63.